The van der Waals surface area contributed by atoms with Crippen molar-refractivity contribution in [2.24, 2.45) is 5.10 Å². The third-order valence-electron chi connectivity index (χ3n) is 8.10. The third-order valence-corrected chi connectivity index (χ3v) is 9.93. The number of rotatable bonds is 11. The van der Waals surface area contributed by atoms with Gasteiger partial charge in [-0.25, -0.2) is 9.40 Å². The van der Waals surface area contributed by atoms with Crippen LogP contribution in [-0.4, -0.2) is 57.3 Å². The van der Waals surface area contributed by atoms with Gasteiger partial charge in [0.1, 0.15) is 5.82 Å². The molecule has 0 saturated heterocycles. The van der Waals surface area contributed by atoms with Crippen molar-refractivity contribution in [3.63, 3.8) is 0 Å². The van der Waals surface area contributed by atoms with Crippen LogP contribution < -0.4 is 14.8 Å². The van der Waals surface area contributed by atoms with Gasteiger partial charge in [-0.2, -0.15) is 5.10 Å². The summed E-state index contributed by atoms with van der Waals surface area (Å²) in [6, 6.07) is 20.5. The Labute approximate surface area is 285 Å². The van der Waals surface area contributed by atoms with Crippen LogP contribution in [0, 0.1) is 19.7 Å². The van der Waals surface area contributed by atoms with Crippen LogP contribution >= 0.6 is 23.1 Å². The van der Waals surface area contributed by atoms with Crippen LogP contribution in [0.2, 0.25) is 0 Å². The Morgan fingerprint density at radius 1 is 1.02 bits per heavy atom. The van der Waals surface area contributed by atoms with E-state index in [0.29, 0.717) is 28.9 Å². The highest BCUT2D eigenvalue weighted by Crippen LogP contribution is 2.42. The molecule has 1 aliphatic heterocycles. The van der Waals surface area contributed by atoms with Gasteiger partial charge >= 0.3 is 0 Å². The number of hydrogen-bond acceptors (Lipinski definition) is 9. The lowest BCUT2D eigenvalue weighted by Crippen LogP contribution is -2.29. The number of para-hydroxylation sites is 1. The van der Waals surface area contributed by atoms with Gasteiger partial charge in [0.2, 0.25) is 0 Å². The van der Waals surface area contributed by atoms with E-state index in [1.54, 1.807) is 31.6 Å². The van der Waals surface area contributed by atoms with E-state index in [1.807, 2.05) is 72.3 Å². The Morgan fingerprint density at radius 3 is 2.58 bits per heavy atom. The molecule has 0 spiro atoms. The van der Waals surface area contributed by atoms with Gasteiger partial charge in [-0.3, -0.25) is 14.2 Å². The summed E-state index contributed by atoms with van der Waals surface area (Å²) in [6.07, 6.45) is 0.508. The predicted octanol–water partition coefficient (Wildman–Crippen LogP) is 6.50. The topological polar surface area (TPSA) is 111 Å². The number of thiophene rings is 1. The van der Waals surface area contributed by atoms with Crippen LogP contribution in [0.5, 0.6) is 11.5 Å². The Bertz CT molecular complexity index is 1990. The molecule has 0 aliphatic carbocycles. The second-order valence-electron chi connectivity index (χ2n) is 11.0. The number of aryl methyl sites for hydroxylation is 1. The van der Waals surface area contributed by atoms with Crippen LogP contribution in [0.15, 0.2) is 88.4 Å². The van der Waals surface area contributed by atoms with Gasteiger partial charge in [-0.1, -0.05) is 48.2 Å². The molecule has 2 aromatic heterocycles. The molecule has 2 amide bonds. The summed E-state index contributed by atoms with van der Waals surface area (Å²) in [7, 11) is 3.16. The number of methoxy groups -OCH3 is 2. The fourth-order valence-electron chi connectivity index (χ4n) is 5.56. The molecular formula is C35H33FN6O4S2. The molecule has 6 rings (SSSR count). The van der Waals surface area contributed by atoms with E-state index in [1.165, 1.54) is 35.0 Å². The third kappa shape index (κ3) is 6.69. The first-order chi connectivity index (χ1) is 23.3. The number of hydrazone groups is 1. The summed E-state index contributed by atoms with van der Waals surface area (Å²) in [5, 5.41) is 20.4. The zero-order valence-corrected chi connectivity index (χ0v) is 28.4. The van der Waals surface area contributed by atoms with Crippen molar-refractivity contribution >= 4 is 40.6 Å². The molecule has 0 fully saturated rings. The van der Waals surface area contributed by atoms with Crippen LogP contribution in [0.3, 0.4) is 0 Å². The largest absolute Gasteiger partial charge is 0.493 e. The van der Waals surface area contributed by atoms with Crippen LogP contribution in [0.4, 0.5) is 4.39 Å². The van der Waals surface area contributed by atoms with Crippen LogP contribution in [-0.2, 0) is 11.3 Å². The Morgan fingerprint density at radius 2 is 1.83 bits per heavy atom. The van der Waals surface area contributed by atoms with Crippen molar-refractivity contribution in [3.8, 4) is 17.2 Å². The highest BCUT2D eigenvalue weighted by Gasteiger charge is 2.36. The standard InChI is InChI=1S/C35H33FN6O4S2/c1-21-9-5-13-27(22(21)2)41-31(19-37-34(44)23-10-6-11-24(36)17-23)38-39-35(41)48-20-32(43)42-28(18-26(40-42)30-15-8-16-47-30)25-12-7-14-29(45-3)33(25)46-4/h5-17,28H,18-20H2,1-4H3,(H,37,44)/t28-/m0/s1. The Hall–Kier alpha value is -5.01. The normalized spacial score (nSPS) is 14.1. The van der Waals surface area contributed by atoms with Crippen molar-refractivity contribution in [2.75, 3.05) is 20.0 Å². The Kier molecular flexibility index (Phi) is 9.88. The fraction of sp³-hybridized carbons (Fsp3) is 0.229. The maximum atomic E-state index is 14.0. The van der Waals surface area contributed by atoms with Gasteiger partial charge in [0, 0.05) is 17.5 Å². The number of thioether (sulfide) groups is 1. The highest BCUT2D eigenvalue weighted by atomic mass is 32.2. The summed E-state index contributed by atoms with van der Waals surface area (Å²) in [6.45, 7) is 4.04. The minimum atomic E-state index is -0.499. The molecule has 5 aromatic rings. The number of carbonyl (C=O) groups excluding carboxylic acids is 2. The maximum absolute atomic E-state index is 14.0. The monoisotopic (exact) mass is 684 g/mol. The van der Waals surface area contributed by atoms with Gasteiger partial charge < -0.3 is 14.8 Å². The van der Waals surface area contributed by atoms with Crippen LogP contribution in [0.25, 0.3) is 5.69 Å². The number of halogens is 1. The molecular weight excluding hydrogens is 652 g/mol. The van der Waals surface area contributed by atoms with Crippen molar-refractivity contribution in [1.29, 1.82) is 0 Å². The average Bonchev–Trinajstić information content (AvgIpc) is 3.87. The Balaban J connectivity index is 1.29. The number of benzene rings is 3. The first kappa shape index (κ1) is 32.9. The molecule has 3 aromatic carbocycles. The smallest absolute Gasteiger partial charge is 0.253 e. The summed E-state index contributed by atoms with van der Waals surface area (Å²) in [4.78, 5) is 27.9. The maximum Gasteiger partial charge on any atom is 0.253 e. The molecule has 48 heavy (non-hydrogen) atoms. The summed E-state index contributed by atoms with van der Waals surface area (Å²) in [5.41, 5.74) is 4.68. The van der Waals surface area contributed by atoms with Crippen molar-refractivity contribution in [1.82, 2.24) is 25.1 Å². The molecule has 0 saturated carbocycles. The second-order valence-corrected chi connectivity index (χ2v) is 12.9. The van der Waals surface area contributed by atoms with Gasteiger partial charge in [0.05, 0.1) is 48.8 Å². The minimum Gasteiger partial charge on any atom is -0.493 e. The molecule has 0 unspecified atom stereocenters. The van der Waals surface area contributed by atoms with Crippen LogP contribution in [0.1, 0.15) is 50.2 Å². The van der Waals surface area contributed by atoms with Crippen molar-refractivity contribution < 1.29 is 23.5 Å². The van der Waals surface area contributed by atoms with E-state index in [9.17, 15) is 14.0 Å². The first-order valence-electron chi connectivity index (χ1n) is 15.1. The van der Waals surface area contributed by atoms with E-state index >= 15 is 0 Å². The molecule has 0 radical (unpaired) electrons. The van der Waals surface area contributed by atoms with E-state index in [4.69, 9.17) is 14.6 Å². The number of aromatic nitrogens is 3. The van der Waals surface area contributed by atoms with Crippen molar-refractivity contribution in [2.45, 2.75) is 38.0 Å². The summed E-state index contributed by atoms with van der Waals surface area (Å²) in [5.74, 6) is 0.434. The molecule has 1 aliphatic rings. The lowest BCUT2D eigenvalue weighted by atomic mass is 9.99. The number of ether oxygens (including phenoxy) is 2. The highest BCUT2D eigenvalue weighted by molar-refractivity contribution is 7.99. The lowest BCUT2D eigenvalue weighted by molar-refractivity contribution is -0.130. The summed E-state index contributed by atoms with van der Waals surface area (Å²) >= 11 is 2.80. The SMILES string of the molecule is COc1cccc([C@@H]2CC(c3cccs3)=NN2C(=O)CSc2nnc(CNC(=O)c3cccc(F)c3)n2-c2cccc(C)c2C)c1OC. The number of carbonyl (C=O) groups is 2. The summed E-state index contributed by atoms with van der Waals surface area (Å²) < 4.78 is 26.9. The molecule has 0 bridgehead atoms. The molecule has 3 heterocycles. The second kappa shape index (κ2) is 14.4. The first-order valence-corrected chi connectivity index (χ1v) is 17.0. The van der Waals surface area contributed by atoms with E-state index in [0.717, 1.165) is 33.0 Å². The molecule has 246 valence electrons. The molecule has 1 N–H and O–H groups in total. The van der Waals surface area contributed by atoms with Crippen molar-refractivity contribution in [3.05, 3.63) is 117 Å². The number of amides is 2. The van der Waals surface area contributed by atoms with Gasteiger partial charge in [0.15, 0.2) is 22.5 Å². The number of nitrogens with one attached hydrogen (secondary N) is 1. The average molecular weight is 685 g/mol. The van der Waals surface area contributed by atoms with E-state index < -0.39 is 17.8 Å². The quantitative estimate of drug-likeness (QED) is 0.158. The van der Waals surface area contributed by atoms with E-state index in [2.05, 4.69) is 15.5 Å². The number of hydrogen-bond donors (Lipinski definition) is 1. The fourth-order valence-corrected chi connectivity index (χ4v) is 7.10. The number of nitrogens with zero attached hydrogens (tertiary/aromatic N) is 5. The van der Waals surface area contributed by atoms with E-state index in [-0.39, 0.29) is 23.8 Å². The zero-order valence-electron chi connectivity index (χ0n) is 26.8. The minimum absolute atomic E-state index is 0.0165. The van der Waals surface area contributed by atoms with Gasteiger partial charge in [0.25, 0.3) is 11.8 Å². The zero-order chi connectivity index (χ0) is 33.8. The predicted molar refractivity (Wildman–Crippen MR) is 184 cm³/mol. The van der Waals surface area contributed by atoms with Gasteiger partial charge in [-0.15, -0.1) is 21.5 Å². The molecule has 10 nitrogen and oxygen atoms in total. The molecule has 13 heteroatoms. The lowest BCUT2D eigenvalue weighted by Gasteiger charge is -2.24. The van der Waals surface area contributed by atoms with Gasteiger partial charge in [-0.05, 0) is 66.8 Å². The molecule has 1 atom stereocenters.